The van der Waals surface area contributed by atoms with Gasteiger partial charge in [-0.05, 0) is 52.7 Å². The molecule has 0 saturated heterocycles. The number of nitrogens with zero attached hydrogens (tertiary/aromatic N) is 5. The number of hydrogen-bond donors (Lipinski definition) is 0. The molecule has 5 aromatic heterocycles. The zero-order chi connectivity index (χ0) is 35.0. The third kappa shape index (κ3) is 4.09. The Morgan fingerprint density at radius 1 is 0.574 bits per heavy atom. The third-order valence-electron chi connectivity index (χ3n) is 11.4. The van der Waals surface area contributed by atoms with Crippen LogP contribution in [0.25, 0.3) is 82.4 Å². The standard InChI is InChI=1S/C47H29N5O.Pt/c1-47(2)38-14-8-13-34-33-20-18-30(25-42(33)52(44(34)38)46-39(47)15-9-21-48-46)53-29-17-19-31-35-27-43-36(26-41(35)50-23-22-49-45(50)37(31)24-29)32-12-6-7-16-40(32)51(43)28-10-4-3-5-11-28;/h3-23,26-27H,1-2H3;/q-2;+2. The van der Waals surface area contributed by atoms with Crippen LogP contribution in [0.2, 0.25) is 0 Å². The van der Waals surface area contributed by atoms with Crippen LogP contribution in [0.15, 0.2) is 140 Å². The molecular formula is C47H29N5OPt. The quantitative estimate of drug-likeness (QED) is 0.131. The minimum Gasteiger partial charge on any atom is -0.503 e. The van der Waals surface area contributed by atoms with E-state index in [2.05, 4.69) is 143 Å². The van der Waals surface area contributed by atoms with Crippen molar-refractivity contribution >= 4 is 70.9 Å². The normalized spacial score (nSPS) is 13.4. The van der Waals surface area contributed by atoms with Gasteiger partial charge in [-0.3, -0.25) is 4.98 Å². The molecule has 11 aromatic rings. The van der Waals surface area contributed by atoms with Crippen LogP contribution in [0.4, 0.5) is 0 Å². The van der Waals surface area contributed by atoms with Gasteiger partial charge in [-0.1, -0.05) is 96.9 Å². The molecule has 0 radical (unpaired) electrons. The Balaban J connectivity index is 0.00000341. The summed E-state index contributed by atoms with van der Waals surface area (Å²) in [4.78, 5) is 9.73. The fraction of sp³-hybridized carbons (Fsp3) is 0.0638. The Kier molecular flexibility index (Phi) is 6.46. The minimum atomic E-state index is -0.181. The average molecular weight is 875 g/mol. The fourth-order valence-corrected chi connectivity index (χ4v) is 8.96. The van der Waals surface area contributed by atoms with Crippen molar-refractivity contribution in [2.24, 2.45) is 0 Å². The van der Waals surface area contributed by atoms with Crippen molar-refractivity contribution in [1.82, 2.24) is 23.5 Å². The number of rotatable bonds is 3. The van der Waals surface area contributed by atoms with Gasteiger partial charge in [0.05, 0.1) is 16.7 Å². The molecule has 54 heavy (non-hydrogen) atoms. The summed E-state index contributed by atoms with van der Waals surface area (Å²) < 4.78 is 13.4. The van der Waals surface area contributed by atoms with Crippen LogP contribution in [-0.4, -0.2) is 23.5 Å². The molecule has 0 fully saturated rings. The van der Waals surface area contributed by atoms with Crippen LogP contribution in [0, 0.1) is 12.1 Å². The second kappa shape index (κ2) is 11.1. The topological polar surface area (TPSA) is 49.3 Å². The zero-order valence-corrected chi connectivity index (χ0v) is 31.5. The second-order valence-electron chi connectivity index (χ2n) is 14.5. The first kappa shape index (κ1) is 31.3. The molecule has 258 valence electrons. The molecule has 6 aromatic carbocycles. The summed E-state index contributed by atoms with van der Waals surface area (Å²) in [5.74, 6) is 2.16. The Hall–Kier alpha value is -6.23. The van der Waals surface area contributed by atoms with E-state index in [0.29, 0.717) is 11.5 Å². The Labute approximate surface area is 324 Å². The number of aromatic nitrogens is 5. The van der Waals surface area contributed by atoms with E-state index >= 15 is 0 Å². The number of pyridine rings is 2. The number of fused-ring (bicyclic) bond motifs is 14. The van der Waals surface area contributed by atoms with E-state index in [9.17, 15) is 0 Å². The van der Waals surface area contributed by atoms with Gasteiger partial charge in [0.25, 0.3) is 0 Å². The van der Waals surface area contributed by atoms with Crippen LogP contribution in [0.1, 0.15) is 25.0 Å². The predicted molar refractivity (Wildman–Crippen MR) is 213 cm³/mol. The van der Waals surface area contributed by atoms with Gasteiger partial charge in [0.2, 0.25) is 0 Å². The van der Waals surface area contributed by atoms with E-state index in [0.717, 1.165) is 55.2 Å². The molecule has 0 atom stereocenters. The van der Waals surface area contributed by atoms with Crippen molar-refractivity contribution in [1.29, 1.82) is 0 Å². The Morgan fingerprint density at radius 2 is 1.31 bits per heavy atom. The smallest absolute Gasteiger partial charge is 0.503 e. The largest absolute Gasteiger partial charge is 2.00 e. The number of imidazole rings is 1. The molecule has 6 nitrogen and oxygen atoms in total. The summed E-state index contributed by atoms with van der Waals surface area (Å²) in [7, 11) is 0. The molecule has 1 aliphatic rings. The van der Waals surface area contributed by atoms with Crippen molar-refractivity contribution in [3.63, 3.8) is 0 Å². The van der Waals surface area contributed by atoms with E-state index < -0.39 is 0 Å². The van der Waals surface area contributed by atoms with Crippen LogP contribution in [0.5, 0.6) is 11.5 Å². The summed E-state index contributed by atoms with van der Waals surface area (Å²) in [5.41, 5.74) is 9.81. The molecule has 7 heteroatoms. The Morgan fingerprint density at radius 3 is 2.20 bits per heavy atom. The first-order valence-electron chi connectivity index (χ1n) is 17.9. The van der Waals surface area contributed by atoms with Crippen LogP contribution < -0.4 is 4.74 Å². The van der Waals surface area contributed by atoms with Gasteiger partial charge in [0.1, 0.15) is 5.82 Å². The number of hydrogen-bond acceptors (Lipinski definition) is 3. The van der Waals surface area contributed by atoms with E-state index in [4.69, 9.17) is 14.7 Å². The molecular weight excluding hydrogens is 846 g/mol. The monoisotopic (exact) mass is 874 g/mol. The number of ether oxygens (including phenoxy) is 1. The van der Waals surface area contributed by atoms with Gasteiger partial charge in [-0.2, -0.15) is 6.07 Å². The van der Waals surface area contributed by atoms with Gasteiger partial charge in [0, 0.05) is 68.6 Å². The molecule has 1 aliphatic heterocycles. The van der Waals surface area contributed by atoms with E-state index in [1.807, 2.05) is 36.8 Å². The maximum absolute atomic E-state index is 6.61. The van der Waals surface area contributed by atoms with Gasteiger partial charge in [-0.25, -0.2) is 4.98 Å². The summed E-state index contributed by atoms with van der Waals surface area (Å²) in [6, 6.07) is 50.2. The molecule has 12 rings (SSSR count). The summed E-state index contributed by atoms with van der Waals surface area (Å²) >= 11 is 0. The van der Waals surface area contributed by atoms with Gasteiger partial charge < -0.3 is 18.3 Å². The molecule has 0 aliphatic carbocycles. The molecule has 0 N–H and O–H groups in total. The minimum absolute atomic E-state index is 0. The summed E-state index contributed by atoms with van der Waals surface area (Å²) in [5, 5.41) is 7.82. The van der Waals surface area contributed by atoms with Crippen LogP contribution in [-0.2, 0) is 26.5 Å². The third-order valence-corrected chi connectivity index (χ3v) is 11.4. The molecule has 0 saturated carbocycles. The summed E-state index contributed by atoms with van der Waals surface area (Å²) in [6.07, 6.45) is 5.77. The molecule has 6 heterocycles. The molecule has 0 spiro atoms. The van der Waals surface area contributed by atoms with Crippen molar-refractivity contribution in [3.05, 3.63) is 163 Å². The maximum Gasteiger partial charge on any atom is 2.00 e. The van der Waals surface area contributed by atoms with Crippen molar-refractivity contribution in [2.75, 3.05) is 0 Å². The average Bonchev–Trinajstić information content (AvgIpc) is 3.90. The second-order valence-corrected chi connectivity index (χ2v) is 14.5. The zero-order valence-electron chi connectivity index (χ0n) is 29.2. The van der Waals surface area contributed by atoms with Crippen LogP contribution in [0.3, 0.4) is 0 Å². The maximum atomic E-state index is 6.61. The first-order chi connectivity index (χ1) is 26.0. The molecule has 0 unspecified atom stereocenters. The van der Waals surface area contributed by atoms with E-state index in [-0.39, 0.29) is 26.5 Å². The van der Waals surface area contributed by atoms with E-state index in [1.54, 1.807) is 0 Å². The van der Waals surface area contributed by atoms with Crippen molar-refractivity contribution < 1.29 is 25.8 Å². The van der Waals surface area contributed by atoms with Crippen molar-refractivity contribution in [2.45, 2.75) is 19.3 Å². The fourth-order valence-electron chi connectivity index (χ4n) is 8.96. The van der Waals surface area contributed by atoms with Gasteiger partial charge >= 0.3 is 21.1 Å². The first-order valence-corrected chi connectivity index (χ1v) is 17.9. The number of para-hydroxylation sites is 3. The molecule has 0 bridgehead atoms. The predicted octanol–water partition coefficient (Wildman–Crippen LogP) is 11.3. The van der Waals surface area contributed by atoms with Gasteiger partial charge in [-0.15, -0.1) is 29.7 Å². The van der Waals surface area contributed by atoms with Crippen molar-refractivity contribution in [3.8, 4) is 23.0 Å². The summed E-state index contributed by atoms with van der Waals surface area (Å²) in [6.45, 7) is 4.56. The SMILES string of the molecule is CC1(C)c2cccnc2-n2c3[c-]c(Oc4[c-]c5c(cc4)c4cc6c(cc4n4ccnc54)c4ccccc4n6-c4ccccc4)ccc3c3cccc1c32.[Pt+2]. The number of benzene rings is 6. The molecule has 0 amide bonds. The Bertz CT molecular complexity index is 3350. The van der Waals surface area contributed by atoms with Gasteiger partial charge in [0.15, 0.2) is 0 Å². The van der Waals surface area contributed by atoms with E-state index in [1.165, 1.54) is 38.3 Å². The van der Waals surface area contributed by atoms with Crippen LogP contribution >= 0.6 is 0 Å².